The molecule has 0 atom stereocenters. The number of nitriles is 1. The molecule has 7 aromatic carbocycles. The lowest BCUT2D eigenvalue weighted by Gasteiger charge is -2.16. The van der Waals surface area contributed by atoms with Gasteiger partial charge in [-0.3, -0.25) is 4.98 Å². The van der Waals surface area contributed by atoms with Crippen molar-refractivity contribution in [2.75, 3.05) is 0 Å². The van der Waals surface area contributed by atoms with Gasteiger partial charge in [0.2, 0.25) is 0 Å². The minimum Gasteiger partial charge on any atom is -0.255 e. The van der Waals surface area contributed by atoms with E-state index in [1.807, 2.05) is 66.7 Å². The molecular formula is C49H29N5. The zero-order valence-corrected chi connectivity index (χ0v) is 29.0. The van der Waals surface area contributed by atoms with E-state index < -0.39 is 0 Å². The van der Waals surface area contributed by atoms with Crippen molar-refractivity contribution in [2.45, 2.75) is 0 Å². The third-order valence-corrected chi connectivity index (χ3v) is 10.2. The first-order valence-electron chi connectivity index (χ1n) is 17.9. The number of nitrogens with zero attached hydrogens (tertiary/aromatic N) is 5. The van der Waals surface area contributed by atoms with Crippen LogP contribution in [0, 0.1) is 11.3 Å². The summed E-state index contributed by atoms with van der Waals surface area (Å²) in [6, 6.07) is 60.9. The van der Waals surface area contributed by atoms with Gasteiger partial charge in [0.15, 0.2) is 17.5 Å². The number of fused-ring (bicyclic) bond motifs is 3. The van der Waals surface area contributed by atoms with Crippen LogP contribution in [-0.4, -0.2) is 19.9 Å². The van der Waals surface area contributed by atoms with Crippen LogP contribution in [-0.2, 0) is 0 Å². The molecule has 0 saturated carbocycles. The lowest BCUT2D eigenvalue weighted by Crippen LogP contribution is -2.00. The van der Waals surface area contributed by atoms with Crippen molar-refractivity contribution in [1.82, 2.24) is 19.9 Å². The van der Waals surface area contributed by atoms with Crippen molar-refractivity contribution in [3.05, 3.63) is 182 Å². The van der Waals surface area contributed by atoms with E-state index >= 15 is 0 Å². The standard InChI is InChI=1S/C49H29N5/c50-29-31-15-28-44(51-30-31)34-20-16-32(17-21-34)38-24-26-42-40-13-7-8-14-41(40)43-27-25-39(45(38)46(42)43)33-18-22-37(23-19-33)49-53-47(35-9-3-1-4-10-35)52-48(54-49)36-11-5-2-6-12-36/h1-28,30H. The second kappa shape index (κ2) is 12.9. The first-order chi connectivity index (χ1) is 26.7. The summed E-state index contributed by atoms with van der Waals surface area (Å²) in [5.74, 6) is 1.91. The molecule has 0 fully saturated rings. The Hall–Kier alpha value is -7.55. The lowest BCUT2D eigenvalue weighted by atomic mass is 9.88. The van der Waals surface area contributed by atoms with Crippen LogP contribution in [0.25, 0.3) is 101 Å². The molecule has 0 saturated heterocycles. The zero-order valence-electron chi connectivity index (χ0n) is 29.0. The average Bonchev–Trinajstić information content (AvgIpc) is 3.59. The van der Waals surface area contributed by atoms with Crippen LogP contribution in [0.2, 0.25) is 0 Å². The van der Waals surface area contributed by atoms with E-state index in [1.54, 1.807) is 12.3 Å². The van der Waals surface area contributed by atoms with Gasteiger partial charge in [0, 0.05) is 28.5 Å². The summed E-state index contributed by atoms with van der Waals surface area (Å²) >= 11 is 0. The normalized spacial score (nSPS) is 11.3. The number of aromatic nitrogens is 4. The van der Waals surface area contributed by atoms with Gasteiger partial charge in [0.05, 0.1) is 11.3 Å². The third kappa shape index (κ3) is 5.33. The first-order valence-corrected chi connectivity index (χ1v) is 17.9. The van der Waals surface area contributed by atoms with Crippen LogP contribution in [0.1, 0.15) is 5.56 Å². The minimum absolute atomic E-state index is 0.548. The van der Waals surface area contributed by atoms with Gasteiger partial charge in [-0.1, -0.05) is 158 Å². The molecule has 250 valence electrons. The average molecular weight is 688 g/mol. The maximum atomic E-state index is 9.22. The highest BCUT2D eigenvalue weighted by Gasteiger charge is 2.25. The fourth-order valence-electron chi connectivity index (χ4n) is 7.57. The maximum Gasteiger partial charge on any atom is 0.164 e. The highest BCUT2D eigenvalue weighted by molar-refractivity contribution is 6.22. The summed E-state index contributed by atoms with van der Waals surface area (Å²) in [6.45, 7) is 0. The number of hydrogen-bond donors (Lipinski definition) is 0. The molecule has 0 bridgehead atoms. The molecule has 2 aromatic heterocycles. The van der Waals surface area contributed by atoms with E-state index in [0.29, 0.717) is 23.0 Å². The van der Waals surface area contributed by atoms with Crippen LogP contribution in [0.5, 0.6) is 0 Å². The van der Waals surface area contributed by atoms with Gasteiger partial charge in [-0.15, -0.1) is 0 Å². The van der Waals surface area contributed by atoms with Crippen molar-refractivity contribution in [2.24, 2.45) is 0 Å². The predicted octanol–water partition coefficient (Wildman–Crippen LogP) is 11.9. The van der Waals surface area contributed by atoms with Crippen LogP contribution < -0.4 is 0 Å². The Balaban J connectivity index is 1.10. The van der Waals surface area contributed by atoms with Crippen LogP contribution in [0.4, 0.5) is 0 Å². The molecule has 1 aliphatic rings. The highest BCUT2D eigenvalue weighted by atomic mass is 15.0. The van der Waals surface area contributed by atoms with Crippen molar-refractivity contribution in [3.63, 3.8) is 0 Å². The molecule has 0 spiro atoms. The summed E-state index contributed by atoms with van der Waals surface area (Å²) in [4.78, 5) is 19.3. The van der Waals surface area contributed by atoms with E-state index in [2.05, 4.69) is 108 Å². The van der Waals surface area contributed by atoms with Gasteiger partial charge in [-0.25, -0.2) is 15.0 Å². The Bertz CT molecular complexity index is 2810. The maximum absolute atomic E-state index is 9.22. The Morgan fingerprint density at radius 1 is 0.333 bits per heavy atom. The molecule has 0 unspecified atom stereocenters. The number of benzene rings is 7. The van der Waals surface area contributed by atoms with Gasteiger partial charge >= 0.3 is 0 Å². The monoisotopic (exact) mass is 687 g/mol. The van der Waals surface area contributed by atoms with Crippen molar-refractivity contribution in [3.8, 4) is 96.0 Å². The zero-order chi connectivity index (χ0) is 36.0. The summed E-state index contributed by atoms with van der Waals surface area (Å²) in [7, 11) is 0. The molecule has 0 amide bonds. The molecule has 1 aliphatic carbocycles. The predicted molar refractivity (Wildman–Crippen MR) is 217 cm³/mol. The minimum atomic E-state index is 0.548. The molecule has 9 aromatic rings. The second-order valence-corrected chi connectivity index (χ2v) is 13.4. The second-order valence-electron chi connectivity index (χ2n) is 13.4. The first kappa shape index (κ1) is 31.2. The Morgan fingerprint density at radius 3 is 1.20 bits per heavy atom. The van der Waals surface area contributed by atoms with Crippen LogP contribution in [0.3, 0.4) is 0 Å². The summed E-state index contributed by atoms with van der Waals surface area (Å²) in [5.41, 5.74) is 14.8. The summed E-state index contributed by atoms with van der Waals surface area (Å²) in [5, 5.41) is 11.7. The SMILES string of the molecule is N#Cc1ccc(-c2ccc(-c3ccc4c5c(ccc(-c6ccc(-c7nc(-c8ccccc8)nc(-c8ccccc8)n7)cc6)c35)-c3ccccc3-4)cc2)nc1. The molecule has 2 heterocycles. The highest BCUT2D eigenvalue weighted by Crippen LogP contribution is 2.52. The summed E-state index contributed by atoms with van der Waals surface area (Å²) in [6.07, 6.45) is 1.62. The Morgan fingerprint density at radius 2 is 0.741 bits per heavy atom. The van der Waals surface area contributed by atoms with E-state index in [0.717, 1.165) is 44.6 Å². The van der Waals surface area contributed by atoms with Gasteiger partial charge in [-0.05, 0) is 67.4 Å². The molecule has 10 rings (SSSR count). The molecule has 0 radical (unpaired) electrons. The van der Waals surface area contributed by atoms with E-state index in [-0.39, 0.29) is 0 Å². The van der Waals surface area contributed by atoms with Crippen molar-refractivity contribution < 1.29 is 0 Å². The molecule has 5 nitrogen and oxygen atoms in total. The fourth-order valence-corrected chi connectivity index (χ4v) is 7.57. The number of pyridine rings is 1. The Kier molecular flexibility index (Phi) is 7.45. The van der Waals surface area contributed by atoms with Gasteiger partial charge in [0.1, 0.15) is 6.07 Å². The topological polar surface area (TPSA) is 75.3 Å². The van der Waals surface area contributed by atoms with E-state index in [1.165, 1.54) is 38.6 Å². The molecule has 5 heteroatoms. The van der Waals surface area contributed by atoms with Crippen molar-refractivity contribution in [1.29, 1.82) is 5.26 Å². The van der Waals surface area contributed by atoms with Crippen LogP contribution in [0.15, 0.2) is 176 Å². The van der Waals surface area contributed by atoms with Gasteiger partial charge in [0.25, 0.3) is 0 Å². The summed E-state index contributed by atoms with van der Waals surface area (Å²) < 4.78 is 0. The molecule has 54 heavy (non-hydrogen) atoms. The smallest absolute Gasteiger partial charge is 0.164 e. The largest absolute Gasteiger partial charge is 0.255 e. The fraction of sp³-hybridized carbons (Fsp3) is 0. The van der Waals surface area contributed by atoms with Gasteiger partial charge < -0.3 is 0 Å². The lowest BCUT2D eigenvalue weighted by molar-refractivity contribution is 1.07. The van der Waals surface area contributed by atoms with Crippen LogP contribution >= 0.6 is 0 Å². The van der Waals surface area contributed by atoms with Crippen molar-refractivity contribution >= 4 is 10.8 Å². The van der Waals surface area contributed by atoms with E-state index in [9.17, 15) is 5.26 Å². The Labute approximate surface area is 312 Å². The molecular weight excluding hydrogens is 659 g/mol. The third-order valence-electron chi connectivity index (χ3n) is 10.2. The van der Waals surface area contributed by atoms with E-state index in [4.69, 9.17) is 15.0 Å². The molecule has 0 aliphatic heterocycles. The number of rotatable bonds is 6. The van der Waals surface area contributed by atoms with Gasteiger partial charge in [-0.2, -0.15) is 5.26 Å². The number of hydrogen-bond acceptors (Lipinski definition) is 5. The quantitative estimate of drug-likeness (QED) is 0.174. The molecule has 0 N–H and O–H groups in total.